The van der Waals surface area contributed by atoms with Gasteiger partial charge in [0.15, 0.2) is 0 Å². The summed E-state index contributed by atoms with van der Waals surface area (Å²) >= 11 is 9.44. The molecule has 18 heavy (non-hydrogen) atoms. The minimum Gasteiger partial charge on any atom is -0.423 e. The van der Waals surface area contributed by atoms with Crippen molar-refractivity contribution in [1.82, 2.24) is 0 Å². The molecular weight excluding hydrogens is 316 g/mol. The van der Waals surface area contributed by atoms with Crippen molar-refractivity contribution in [1.29, 1.82) is 0 Å². The van der Waals surface area contributed by atoms with Crippen LogP contribution in [0.3, 0.4) is 0 Å². The van der Waals surface area contributed by atoms with Crippen LogP contribution in [0, 0.1) is 0 Å². The molecular formula is C14H8BrClO2. The fraction of sp³-hybridized carbons (Fsp3) is 0.0714. The Hall–Kier alpha value is -1.32. The van der Waals surface area contributed by atoms with E-state index in [-0.39, 0.29) is 11.5 Å². The average Bonchev–Trinajstić information content (AvgIpc) is 2.37. The normalized spacial score (nSPS) is 11.2. The van der Waals surface area contributed by atoms with Crippen LogP contribution in [0.1, 0.15) is 5.56 Å². The summed E-state index contributed by atoms with van der Waals surface area (Å²) in [7, 11) is 0. The van der Waals surface area contributed by atoms with Gasteiger partial charge in [0.1, 0.15) is 5.58 Å². The molecule has 0 bridgehead atoms. The molecule has 3 aromatic rings. The summed E-state index contributed by atoms with van der Waals surface area (Å²) in [6.45, 7) is 0. The summed E-state index contributed by atoms with van der Waals surface area (Å²) < 4.78 is 6.23. The van der Waals surface area contributed by atoms with Gasteiger partial charge >= 0.3 is 5.63 Å². The smallest absolute Gasteiger partial charge is 0.336 e. The zero-order chi connectivity index (χ0) is 12.7. The summed E-state index contributed by atoms with van der Waals surface area (Å²) in [5, 5.41) is 3.01. The van der Waals surface area contributed by atoms with E-state index in [9.17, 15) is 4.79 Å². The molecule has 1 heterocycles. The number of alkyl halides is 1. The van der Waals surface area contributed by atoms with Gasteiger partial charge < -0.3 is 4.42 Å². The first kappa shape index (κ1) is 11.8. The predicted molar refractivity (Wildman–Crippen MR) is 77.2 cm³/mol. The molecule has 0 fully saturated rings. The maximum Gasteiger partial charge on any atom is 0.336 e. The molecule has 4 heteroatoms. The molecule has 0 amide bonds. The molecule has 0 spiro atoms. The molecule has 0 aliphatic carbocycles. The molecule has 0 saturated heterocycles. The highest BCUT2D eigenvalue weighted by atomic mass is 79.9. The Morgan fingerprint density at radius 3 is 2.78 bits per heavy atom. The number of fused-ring (bicyclic) bond motifs is 3. The van der Waals surface area contributed by atoms with Gasteiger partial charge in [-0.25, -0.2) is 4.79 Å². The van der Waals surface area contributed by atoms with Gasteiger partial charge in [-0.05, 0) is 34.5 Å². The van der Waals surface area contributed by atoms with E-state index in [0.717, 1.165) is 26.2 Å². The van der Waals surface area contributed by atoms with Crippen molar-refractivity contribution < 1.29 is 4.42 Å². The maximum atomic E-state index is 11.4. The molecule has 2 nitrogen and oxygen atoms in total. The Bertz CT molecular complexity index is 808. The van der Waals surface area contributed by atoms with Gasteiger partial charge in [0.25, 0.3) is 0 Å². The van der Waals surface area contributed by atoms with Crippen molar-refractivity contribution in [3.05, 3.63) is 56.9 Å². The average molecular weight is 324 g/mol. The molecule has 0 aliphatic heterocycles. The van der Waals surface area contributed by atoms with E-state index in [1.54, 1.807) is 6.07 Å². The van der Waals surface area contributed by atoms with Crippen LogP contribution in [0.15, 0.2) is 50.1 Å². The van der Waals surface area contributed by atoms with Gasteiger partial charge in [0.05, 0.1) is 0 Å². The van der Waals surface area contributed by atoms with Crippen LogP contribution >= 0.6 is 27.5 Å². The first-order valence-corrected chi connectivity index (χ1v) is 6.73. The Balaban J connectivity index is 2.61. The van der Waals surface area contributed by atoms with Crippen LogP contribution in [-0.4, -0.2) is 0 Å². The van der Waals surface area contributed by atoms with E-state index in [4.69, 9.17) is 16.0 Å². The minimum atomic E-state index is -0.368. The third-order valence-electron chi connectivity index (χ3n) is 2.94. The molecule has 0 atom stereocenters. The lowest BCUT2D eigenvalue weighted by molar-refractivity contribution is 0.560. The molecule has 0 radical (unpaired) electrons. The zero-order valence-corrected chi connectivity index (χ0v) is 11.6. The third-order valence-corrected chi connectivity index (χ3v) is 3.92. The molecule has 3 rings (SSSR count). The SMILES string of the molecule is O=c1cc(CCl)c2c(ccc3c(Br)cccc32)o1. The van der Waals surface area contributed by atoms with Crippen LogP contribution in [0.4, 0.5) is 0 Å². The van der Waals surface area contributed by atoms with E-state index in [1.165, 1.54) is 6.07 Å². The minimum absolute atomic E-state index is 0.285. The third kappa shape index (κ3) is 1.74. The van der Waals surface area contributed by atoms with Crippen molar-refractivity contribution in [2.75, 3.05) is 0 Å². The van der Waals surface area contributed by atoms with Crippen LogP contribution < -0.4 is 5.63 Å². The molecule has 90 valence electrons. The maximum absolute atomic E-state index is 11.4. The monoisotopic (exact) mass is 322 g/mol. The van der Waals surface area contributed by atoms with Crippen LogP contribution in [-0.2, 0) is 5.88 Å². The number of hydrogen-bond donors (Lipinski definition) is 0. The number of halogens is 2. The molecule has 0 N–H and O–H groups in total. The summed E-state index contributed by atoms with van der Waals surface area (Å²) in [5.74, 6) is 0.285. The topological polar surface area (TPSA) is 30.2 Å². The first-order valence-electron chi connectivity index (χ1n) is 5.40. The molecule has 1 aromatic heterocycles. The van der Waals surface area contributed by atoms with E-state index in [1.807, 2.05) is 24.3 Å². The van der Waals surface area contributed by atoms with E-state index >= 15 is 0 Å². The van der Waals surface area contributed by atoms with Crippen molar-refractivity contribution in [3.63, 3.8) is 0 Å². The van der Waals surface area contributed by atoms with E-state index < -0.39 is 0 Å². The highest BCUT2D eigenvalue weighted by molar-refractivity contribution is 9.10. The second kappa shape index (κ2) is 4.41. The number of hydrogen-bond acceptors (Lipinski definition) is 2. The second-order valence-electron chi connectivity index (χ2n) is 4.00. The van der Waals surface area contributed by atoms with Gasteiger partial charge in [-0.1, -0.05) is 28.1 Å². The summed E-state index contributed by atoms with van der Waals surface area (Å²) in [4.78, 5) is 11.4. The lowest BCUT2D eigenvalue weighted by Gasteiger charge is -2.07. The lowest BCUT2D eigenvalue weighted by atomic mass is 10.0. The van der Waals surface area contributed by atoms with Crippen LogP contribution in [0.25, 0.3) is 21.7 Å². The first-order chi connectivity index (χ1) is 8.70. The fourth-order valence-corrected chi connectivity index (χ4v) is 2.88. The zero-order valence-electron chi connectivity index (χ0n) is 9.24. The second-order valence-corrected chi connectivity index (χ2v) is 5.12. The van der Waals surface area contributed by atoms with Gasteiger partial charge in [0.2, 0.25) is 0 Å². The van der Waals surface area contributed by atoms with Crippen molar-refractivity contribution in [3.8, 4) is 0 Å². The Labute approximate surface area is 116 Å². The summed E-state index contributed by atoms with van der Waals surface area (Å²) in [6.07, 6.45) is 0. The number of rotatable bonds is 1. The van der Waals surface area contributed by atoms with Gasteiger partial charge in [-0.3, -0.25) is 0 Å². The van der Waals surface area contributed by atoms with Gasteiger partial charge in [0, 0.05) is 21.8 Å². The molecule has 0 unspecified atom stereocenters. The molecule has 2 aromatic carbocycles. The van der Waals surface area contributed by atoms with Crippen molar-refractivity contribution >= 4 is 49.3 Å². The predicted octanol–water partition coefficient (Wildman–Crippen LogP) is 4.45. The Morgan fingerprint density at radius 1 is 1.17 bits per heavy atom. The highest BCUT2D eigenvalue weighted by Gasteiger charge is 2.09. The lowest BCUT2D eigenvalue weighted by Crippen LogP contribution is -1.99. The summed E-state index contributed by atoms with van der Waals surface area (Å²) in [5.41, 5.74) is 1.00. The summed E-state index contributed by atoms with van der Waals surface area (Å²) in [6, 6.07) is 11.1. The molecule has 0 saturated carbocycles. The molecule has 0 aliphatic rings. The highest BCUT2D eigenvalue weighted by Crippen LogP contribution is 2.32. The quantitative estimate of drug-likeness (QED) is 0.376. The van der Waals surface area contributed by atoms with Gasteiger partial charge in [-0.15, -0.1) is 11.6 Å². The van der Waals surface area contributed by atoms with E-state index in [0.29, 0.717) is 5.58 Å². The Kier molecular flexibility index (Phi) is 2.88. The largest absolute Gasteiger partial charge is 0.423 e. The van der Waals surface area contributed by atoms with Crippen molar-refractivity contribution in [2.24, 2.45) is 0 Å². The van der Waals surface area contributed by atoms with E-state index in [2.05, 4.69) is 15.9 Å². The standard InChI is InChI=1S/C14H8BrClO2/c15-11-3-1-2-10-9(11)4-5-12-14(10)8(7-16)6-13(17)18-12/h1-6H,7H2. The van der Waals surface area contributed by atoms with Gasteiger partial charge in [-0.2, -0.15) is 0 Å². The fourth-order valence-electron chi connectivity index (χ4n) is 2.17. The van der Waals surface area contributed by atoms with Crippen LogP contribution in [0.5, 0.6) is 0 Å². The Morgan fingerprint density at radius 2 is 2.00 bits per heavy atom. The van der Waals surface area contributed by atoms with Crippen LogP contribution in [0.2, 0.25) is 0 Å². The number of benzene rings is 2. The van der Waals surface area contributed by atoms with Crippen molar-refractivity contribution in [2.45, 2.75) is 5.88 Å².